The van der Waals surface area contributed by atoms with E-state index in [0.29, 0.717) is 0 Å². The summed E-state index contributed by atoms with van der Waals surface area (Å²) in [6.45, 7) is 7.62. The van der Waals surface area contributed by atoms with Gasteiger partial charge in [0, 0.05) is 18.6 Å². The summed E-state index contributed by atoms with van der Waals surface area (Å²) in [5.74, 6) is 4.89. The van der Waals surface area contributed by atoms with E-state index in [9.17, 15) is 4.79 Å². The summed E-state index contributed by atoms with van der Waals surface area (Å²) >= 11 is 0. The highest BCUT2D eigenvalue weighted by atomic mass is 16.5. The smallest absolute Gasteiger partial charge is 0.263 e. The van der Waals surface area contributed by atoms with Gasteiger partial charge in [0.15, 0.2) is 0 Å². The van der Waals surface area contributed by atoms with Crippen LogP contribution in [0.1, 0.15) is 26.7 Å². The summed E-state index contributed by atoms with van der Waals surface area (Å²) in [5.41, 5.74) is 2.19. The Hall–Kier alpha value is -0.690. The van der Waals surface area contributed by atoms with E-state index in [1.165, 1.54) is 0 Å². The van der Waals surface area contributed by atoms with Crippen molar-refractivity contribution in [3.05, 3.63) is 0 Å². The van der Waals surface area contributed by atoms with Crippen LogP contribution in [-0.2, 0) is 14.3 Å². The third kappa shape index (κ3) is 3.00. The molecule has 0 aliphatic carbocycles. The van der Waals surface area contributed by atoms with Crippen LogP contribution in [0, 0.1) is 0 Å². The Kier molecular flexibility index (Phi) is 4.21. The number of nitrogens with one attached hydrogen (secondary N) is 1. The molecule has 0 bridgehead atoms. The fourth-order valence-corrected chi connectivity index (χ4v) is 2.60. The first kappa shape index (κ1) is 13.7. The van der Waals surface area contributed by atoms with Crippen LogP contribution in [0.15, 0.2) is 0 Å². The van der Waals surface area contributed by atoms with Crippen LogP contribution >= 0.6 is 0 Å². The lowest BCUT2D eigenvalue weighted by atomic mass is 10.0. The highest BCUT2D eigenvalue weighted by Crippen LogP contribution is 2.25. The lowest BCUT2D eigenvalue weighted by Gasteiger charge is -2.43. The van der Waals surface area contributed by atoms with E-state index in [-0.39, 0.29) is 23.7 Å². The van der Waals surface area contributed by atoms with Crippen molar-refractivity contribution in [2.45, 2.75) is 44.4 Å². The summed E-state index contributed by atoms with van der Waals surface area (Å²) in [7, 11) is 0. The Morgan fingerprint density at radius 3 is 2.94 bits per heavy atom. The van der Waals surface area contributed by atoms with Crippen molar-refractivity contribution in [3.63, 3.8) is 0 Å². The number of hydrogen-bond donors (Lipinski definition) is 2. The molecule has 2 fully saturated rings. The molecule has 2 atom stereocenters. The van der Waals surface area contributed by atoms with E-state index < -0.39 is 0 Å². The van der Waals surface area contributed by atoms with E-state index in [2.05, 4.69) is 24.2 Å². The van der Waals surface area contributed by atoms with Crippen molar-refractivity contribution >= 4 is 5.91 Å². The second kappa shape index (κ2) is 5.52. The van der Waals surface area contributed by atoms with Crippen LogP contribution in [0.25, 0.3) is 0 Å². The third-order valence-electron chi connectivity index (χ3n) is 3.78. The van der Waals surface area contributed by atoms with Gasteiger partial charge in [-0.15, -0.1) is 0 Å². The van der Waals surface area contributed by atoms with Crippen molar-refractivity contribution in [2.75, 3.05) is 26.3 Å². The van der Waals surface area contributed by atoms with Crippen LogP contribution in [0.5, 0.6) is 0 Å². The Bertz CT molecular complexity index is 309. The summed E-state index contributed by atoms with van der Waals surface area (Å²) in [6, 6.07) is 0. The molecule has 6 heteroatoms. The van der Waals surface area contributed by atoms with Crippen molar-refractivity contribution in [2.24, 2.45) is 5.84 Å². The standard InChI is InChI=1S/C12H23N3O3/c1-12(2)8-17-6-5-15(12)7-9-3-4-10(18-9)11(16)14-13/h9-10H,3-8,13H2,1-2H3,(H,14,16). The normalized spacial score (nSPS) is 32.4. The number of carbonyl (C=O) groups excluding carboxylic acids is 1. The molecule has 0 radical (unpaired) electrons. The number of nitrogens with two attached hydrogens (primary N) is 1. The van der Waals surface area contributed by atoms with E-state index in [0.717, 1.165) is 39.1 Å². The molecule has 2 aliphatic heterocycles. The number of amides is 1. The van der Waals surface area contributed by atoms with Crippen molar-refractivity contribution in [1.29, 1.82) is 0 Å². The summed E-state index contributed by atoms with van der Waals surface area (Å²) in [5, 5.41) is 0. The van der Waals surface area contributed by atoms with E-state index >= 15 is 0 Å². The number of morpholine rings is 1. The zero-order valence-corrected chi connectivity index (χ0v) is 11.1. The Morgan fingerprint density at radius 2 is 2.28 bits per heavy atom. The zero-order valence-electron chi connectivity index (χ0n) is 11.1. The fourth-order valence-electron chi connectivity index (χ4n) is 2.60. The van der Waals surface area contributed by atoms with Gasteiger partial charge in [-0.2, -0.15) is 0 Å². The zero-order chi connectivity index (χ0) is 13.2. The van der Waals surface area contributed by atoms with Gasteiger partial charge in [0.05, 0.1) is 19.3 Å². The van der Waals surface area contributed by atoms with Gasteiger partial charge in [0.2, 0.25) is 0 Å². The molecule has 6 nitrogen and oxygen atoms in total. The van der Waals surface area contributed by atoms with Crippen molar-refractivity contribution in [1.82, 2.24) is 10.3 Å². The molecule has 2 unspecified atom stereocenters. The van der Waals surface area contributed by atoms with E-state index in [1.807, 2.05) is 0 Å². The molecule has 1 amide bonds. The molecule has 2 saturated heterocycles. The quantitative estimate of drug-likeness (QED) is 0.410. The van der Waals surface area contributed by atoms with Gasteiger partial charge < -0.3 is 9.47 Å². The maximum atomic E-state index is 11.4. The molecule has 104 valence electrons. The summed E-state index contributed by atoms with van der Waals surface area (Å²) < 4.78 is 11.2. The topological polar surface area (TPSA) is 76.8 Å². The van der Waals surface area contributed by atoms with Gasteiger partial charge in [-0.3, -0.25) is 15.1 Å². The molecule has 18 heavy (non-hydrogen) atoms. The minimum atomic E-state index is -0.385. The first-order chi connectivity index (χ1) is 8.53. The van der Waals surface area contributed by atoms with Crippen LogP contribution < -0.4 is 11.3 Å². The first-order valence-corrected chi connectivity index (χ1v) is 6.51. The number of ether oxygens (including phenoxy) is 2. The maximum Gasteiger partial charge on any atom is 0.263 e. The highest BCUT2D eigenvalue weighted by molar-refractivity contribution is 5.80. The molecule has 2 aliphatic rings. The van der Waals surface area contributed by atoms with Crippen LogP contribution in [0.3, 0.4) is 0 Å². The van der Waals surface area contributed by atoms with Gasteiger partial charge in [-0.1, -0.05) is 0 Å². The van der Waals surface area contributed by atoms with Gasteiger partial charge in [-0.05, 0) is 26.7 Å². The molecule has 0 aromatic rings. The van der Waals surface area contributed by atoms with Crippen LogP contribution in [-0.4, -0.2) is 54.9 Å². The largest absolute Gasteiger partial charge is 0.378 e. The minimum absolute atomic E-state index is 0.0375. The molecule has 2 heterocycles. The fraction of sp³-hybridized carbons (Fsp3) is 0.917. The number of hydrazine groups is 1. The SMILES string of the molecule is CC1(C)COCCN1CC1CCC(C(=O)NN)O1. The van der Waals surface area contributed by atoms with E-state index in [1.54, 1.807) is 0 Å². The van der Waals surface area contributed by atoms with Gasteiger partial charge in [-0.25, -0.2) is 5.84 Å². The molecule has 0 aromatic carbocycles. The minimum Gasteiger partial charge on any atom is -0.378 e. The van der Waals surface area contributed by atoms with Crippen molar-refractivity contribution < 1.29 is 14.3 Å². The lowest BCUT2D eigenvalue weighted by Crippen LogP contribution is -2.55. The molecule has 0 saturated carbocycles. The second-order valence-electron chi connectivity index (χ2n) is 5.64. The predicted molar refractivity (Wildman–Crippen MR) is 66.7 cm³/mol. The van der Waals surface area contributed by atoms with E-state index in [4.69, 9.17) is 15.3 Å². The maximum absolute atomic E-state index is 11.4. The number of nitrogens with zero attached hydrogens (tertiary/aromatic N) is 1. The number of rotatable bonds is 3. The highest BCUT2D eigenvalue weighted by Gasteiger charge is 2.36. The Labute approximate surface area is 108 Å². The van der Waals surface area contributed by atoms with Crippen LogP contribution in [0.2, 0.25) is 0 Å². The van der Waals surface area contributed by atoms with Crippen molar-refractivity contribution in [3.8, 4) is 0 Å². The summed E-state index contributed by atoms with van der Waals surface area (Å²) in [6.07, 6.45) is 1.39. The molecule has 2 rings (SSSR count). The Balaban J connectivity index is 1.85. The number of hydrogen-bond acceptors (Lipinski definition) is 5. The molecule has 3 N–H and O–H groups in total. The molecular weight excluding hydrogens is 234 g/mol. The second-order valence-corrected chi connectivity index (χ2v) is 5.64. The molecule has 0 aromatic heterocycles. The van der Waals surface area contributed by atoms with Gasteiger partial charge >= 0.3 is 0 Å². The third-order valence-corrected chi connectivity index (χ3v) is 3.78. The molecular formula is C12H23N3O3. The molecule has 0 spiro atoms. The Morgan fingerprint density at radius 1 is 1.50 bits per heavy atom. The predicted octanol–water partition coefficient (Wildman–Crippen LogP) is -0.365. The van der Waals surface area contributed by atoms with Crippen LogP contribution in [0.4, 0.5) is 0 Å². The average Bonchev–Trinajstić information content (AvgIpc) is 2.79. The average molecular weight is 257 g/mol. The van der Waals surface area contributed by atoms with Gasteiger partial charge in [0.25, 0.3) is 5.91 Å². The monoisotopic (exact) mass is 257 g/mol. The lowest BCUT2D eigenvalue weighted by molar-refractivity contribution is -0.133. The summed E-state index contributed by atoms with van der Waals surface area (Å²) in [4.78, 5) is 13.8. The van der Waals surface area contributed by atoms with Gasteiger partial charge in [0.1, 0.15) is 6.10 Å². The number of carbonyl (C=O) groups is 1. The first-order valence-electron chi connectivity index (χ1n) is 6.51.